The van der Waals surface area contributed by atoms with Crippen LogP contribution in [0.1, 0.15) is 11.3 Å². The molecule has 0 saturated carbocycles. The normalized spacial score (nSPS) is 11.3. The molecule has 9 nitrogen and oxygen atoms in total. The van der Waals surface area contributed by atoms with Gasteiger partial charge in [-0.05, 0) is 36.8 Å². The van der Waals surface area contributed by atoms with Crippen molar-refractivity contribution in [2.24, 2.45) is 0 Å². The molecule has 5 aromatic rings. The van der Waals surface area contributed by atoms with Crippen molar-refractivity contribution in [3.63, 3.8) is 0 Å². The van der Waals surface area contributed by atoms with Gasteiger partial charge in [0.15, 0.2) is 11.6 Å². The summed E-state index contributed by atoms with van der Waals surface area (Å²) >= 11 is 7.62. The molecule has 0 aliphatic heterocycles. The summed E-state index contributed by atoms with van der Waals surface area (Å²) in [6, 6.07) is 7.64. The van der Waals surface area contributed by atoms with Crippen LogP contribution in [0.5, 0.6) is 5.75 Å². The number of halogens is 3. The Labute approximate surface area is 229 Å². The Morgan fingerprint density at radius 3 is 2.67 bits per heavy atom. The number of aromatic nitrogens is 4. The molecular weight excluding hydrogens is 552 g/mol. The number of fused-ring (bicyclic) bond motifs is 2. The number of aryl methyl sites for hydroxylation is 1. The molecule has 0 bridgehead atoms. The van der Waals surface area contributed by atoms with Crippen molar-refractivity contribution in [3.05, 3.63) is 70.8 Å². The smallest absolute Gasteiger partial charge is 0.411 e. The third kappa shape index (κ3) is 5.44. The van der Waals surface area contributed by atoms with E-state index in [2.05, 4.69) is 19.9 Å². The van der Waals surface area contributed by atoms with Gasteiger partial charge < -0.3 is 14.6 Å². The van der Waals surface area contributed by atoms with E-state index in [0.717, 1.165) is 28.3 Å². The van der Waals surface area contributed by atoms with E-state index in [0.29, 0.717) is 33.0 Å². The molecule has 0 aliphatic rings. The molecule has 200 valence electrons. The fourth-order valence-electron chi connectivity index (χ4n) is 4.00. The molecular formula is C26H20ClF2N5O4S. The van der Waals surface area contributed by atoms with Crippen LogP contribution in [0.15, 0.2) is 42.7 Å². The molecule has 3 aromatic heterocycles. The number of amides is 1. The number of pyridine rings is 1. The zero-order valence-electron chi connectivity index (χ0n) is 20.6. The molecule has 0 unspecified atom stereocenters. The fourth-order valence-corrected chi connectivity index (χ4v) is 5.31. The predicted octanol–water partition coefficient (Wildman–Crippen LogP) is 6.25. The summed E-state index contributed by atoms with van der Waals surface area (Å²) in [7, 11) is 1.58. The fraction of sp³-hybridized carbons (Fsp3) is 0.192. The number of carbonyl (C=O) groups is 1. The van der Waals surface area contributed by atoms with Gasteiger partial charge in [0.25, 0.3) is 0 Å². The Kier molecular flexibility index (Phi) is 7.51. The third-order valence-electron chi connectivity index (χ3n) is 5.72. The number of hydrogen-bond acceptors (Lipinski definition) is 8. The van der Waals surface area contributed by atoms with Gasteiger partial charge in [0, 0.05) is 18.7 Å². The molecule has 0 fully saturated rings. The van der Waals surface area contributed by atoms with Crippen molar-refractivity contribution >= 4 is 56.0 Å². The first-order chi connectivity index (χ1) is 18.7. The lowest BCUT2D eigenvalue weighted by molar-refractivity contribution is 0.181. The van der Waals surface area contributed by atoms with Crippen molar-refractivity contribution in [3.8, 4) is 16.3 Å². The van der Waals surface area contributed by atoms with Crippen molar-refractivity contribution in [1.29, 1.82) is 0 Å². The van der Waals surface area contributed by atoms with Crippen LogP contribution in [0.2, 0.25) is 5.02 Å². The summed E-state index contributed by atoms with van der Waals surface area (Å²) < 4.78 is 39.5. The lowest BCUT2D eigenvalue weighted by Crippen LogP contribution is -2.33. The Balaban J connectivity index is 1.44. The molecule has 0 radical (unpaired) electrons. The molecule has 2 aromatic carbocycles. The second-order valence-corrected chi connectivity index (χ2v) is 9.87. The van der Waals surface area contributed by atoms with Crippen LogP contribution >= 0.6 is 22.9 Å². The SMILES string of the molecule is COCc1cnc2c(-c3nc4c(Cl)c(F)c(OCCN(C(=O)O)c5ccc(F)nc5)cc4s3)cc(C)cc2n1. The van der Waals surface area contributed by atoms with Gasteiger partial charge in [0.1, 0.15) is 22.2 Å². The summed E-state index contributed by atoms with van der Waals surface area (Å²) in [5.74, 6) is -1.70. The molecule has 0 spiro atoms. The maximum Gasteiger partial charge on any atom is 0.411 e. The quantitative estimate of drug-likeness (QED) is 0.218. The second kappa shape index (κ2) is 11.0. The highest BCUT2D eigenvalue weighted by Crippen LogP contribution is 2.40. The highest BCUT2D eigenvalue weighted by Gasteiger charge is 2.21. The molecule has 0 atom stereocenters. The summed E-state index contributed by atoms with van der Waals surface area (Å²) in [6.07, 6.45) is 1.43. The molecule has 0 aliphatic carbocycles. The average molecular weight is 572 g/mol. The number of ether oxygens (including phenoxy) is 2. The van der Waals surface area contributed by atoms with Crippen molar-refractivity contribution in [1.82, 2.24) is 19.9 Å². The standard InChI is InChI=1S/C26H20ClF2N5O4S/c1-13-7-16(23-17(8-13)32-14(10-31-23)12-37-2)25-33-24-19(39-25)9-18(22(29)21(24)27)38-6-5-34(26(35)36)15-3-4-20(28)30-11-15/h3-4,7-11H,5-6,12H2,1-2H3,(H,35,36). The maximum atomic E-state index is 15.1. The van der Waals surface area contributed by atoms with Crippen molar-refractivity contribution < 1.29 is 28.2 Å². The number of hydrogen-bond donors (Lipinski definition) is 1. The number of benzene rings is 2. The van der Waals surface area contributed by atoms with Gasteiger partial charge in [-0.25, -0.2) is 24.1 Å². The van der Waals surface area contributed by atoms with E-state index in [1.807, 2.05) is 19.1 Å². The van der Waals surface area contributed by atoms with Crippen LogP contribution in [-0.2, 0) is 11.3 Å². The lowest BCUT2D eigenvalue weighted by atomic mass is 10.1. The Hall–Kier alpha value is -4.00. The summed E-state index contributed by atoms with van der Waals surface area (Å²) in [6.45, 7) is 1.90. The molecule has 1 N–H and O–H groups in total. The van der Waals surface area contributed by atoms with Gasteiger partial charge in [0.2, 0.25) is 5.95 Å². The van der Waals surface area contributed by atoms with Crippen LogP contribution in [0, 0.1) is 18.7 Å². The van der Waals surface area contributed by atoms with Crippen LogP contribution in [0.3, 0.4) is 0 Å². The molecule has 5 rings (SSSR count). The van der Waals surface area contributed by atoms with Crippen LogP contribution in [-0.4, -0.2) is 51.4 Å². The first kappa shape index (κ1) is 26.6. The molecule has 13 heteroatoms. The van der Waals surface area contributed by atoms with Gasteiger partial charge in [-0.3, -0.25) is 9.88 Å². The van der Waals surface area contributed by atoms with Gasteiger partial charge >= 0.3 is 6.09 Å². The highest BCUT2D eigenvalue weighted by atomic mass is 35.5. The molecule has 39 heavy (non-hydrogen) atoms. The predicted molar refractivity (Wildman–Crippen MR) is 144 cm³/mol. The third-order valence-corrected chi connectivity index (χ3v) is 7.10. The first-order valence-corrected chi connectivity index (χ1v) is 12.7. The second-order valence-electron chi connectivity index (χ2n) is 8.46. The van der Waals surface area contributed by atoms with Crippen LogP contribution in [0.4, 0.5) is 19.3 Å². The Morgan fingerprint density at radius 2 is 1.95 bits per heavy atom. The summed E-state index contributed by atoms with van der Waals surface area (Å²) in [5.41, 5.74) is 4.10. The number of anilines is 1. The van der Waals surface area contributed by atoms with E-state index >= 15 is 4.39 Å². The Morgan fingerprint density at radius 1 is 1.13 bits per heavy atom. The van der Waals surface area contributed by atoms with Gasteiger partial charge in [-0.1, -0.05) is 11.6 Å². The summed E-state index contributed by atoms with van der Waals surface area (Å²) in [4.78, 5) is 29.8. The van der Waals surface area contributed by atoms with E-state index < -0.39 is 17.9 Å². The number of nitrogens with zero attached hydrogens (tertiary/aromatic N) is 5. The van der Waals surface area contributed by atoms with Crippen LogP contribution < -0.4 is 9.64 Å². The molecule has 1 amide bonds. The van der Waals surface area contributed by atoms with E-state index in [1.54, 1.807) is 13.3 Å². The monoisotopic (exact) mass is 571 g/mol. The zero-order chi connectivity index (χ0) is 27.7. The summed E-state index contributed by atoms with van der Waals surface area (Å²) in [5, 5.41) is 9.87. The molecule has 3 heterocycles. The van der Waals surface area contributed by atoms with E-state index in [-0.39, 0.29) is 35.1 Å². The first-order valence-electron chi connectivity index (χ1n) is 11.5. The van der Waals surface area contributed by atoms with Crippen molar-refractivity contribution in [2.75, 3.05) is 25.2 Å². The Bertz CT molecular complexity index is 1700. The minimum atomic E-state index is -1.30. The van der Waals surface area contributed by atoms with E-state index in [9.17, 15) is 14.3 Å². The van der Waals surface area contributed by atoms with Crippen molar-refractivity contribution in [2.45, 2.75) is 13.5 Å². The average Bonchev–Trinajstić information content (AvgIpc) is 3.33. The van der Waals surface area contributed by atoms with Gasteiger partial charge in [0.05, 0.1) is 52.7 Å². The van der Waals surface area contributed by atoms with E-state index in [1.165, 1.54) is 23.5 Å². The molecule has 0 saturated heterocycles. The number of rotatable bonds is 8. The van der Waals surface area contributed by atoms with Gasteiger partial charge in [-0.2, -0.15) is 4.39 Å². The van der Waals surface area contributed by atoms with Gasteiger partial charge in [-0.15, -0.1) is 11.3 Å². The number of thiazole rings is 1. The van der Waals surface area contributed by atoms with E-state index in [4.69, 9.17) is 21.1 Å². The minimum absolute atomic E-state index is 0.149. The topological polar surface area (TPSA) is 111 Å². The minimum Gasteiger partial charge on any atom is -0.489 e. The number of methoxy groups -OCH3 is 1. The largest absolute Gasteiger partial charge is 0.489 e. The van der Waals surface area contributed by atoms with Crippen LogP contribution in [0.25, 0.3) is 31.8 Å². The maximum absolute atomic E-state index is 15.1. The lowest BCUT2D eigenvalue weighted by Gasteiger charge is -2.19. The zero-order valence-corrected chi connectivity index (χ0v) is 22.2. The highest BCUT2D eigenvalue weighted by molar-refractivity contribution is 7.21. The number of carboxylic acid groups (broad SMARTS) is 1.